The van der Waals surface area contributed by atoms with Gasteiger partial charge in [-0.15, -0.1) is 0 Å². The van der Waals surface area contributed by atoms with E-state index in [2.05, 4.69) is 10.2 Å². The Morgan fingerprint density at radius 1 is 0.385 bits per heavy atom. The van der Waals surface area contributed by atoms with Gasteiger partial charge in [0.05, 0.1) is 34.7 Å². The molecule has 91 heavy (non-hydrogen) atoms. The zero-order valence-electron chi connectivity index (χ0n) is 47.5. The third-order valence-electron chi connectivity index (χ3n) is 12.7. The Labute approximate surface area is 530 Å². The third-order valence-corrected chi connectivity index (χ3v) is 25.6. The van der Waals surface area contributed by atoms with Gasteiger partial charge in [0.2, 0.25) is 0 Å². The fourth-order valence-corrected chi connectivity index (χ4v) is 19.9. The lowest BCUT2D eigenvalue weighted by molar-refractivity contribution is -0.138. The van der Waals surface area contributed by atoms with Crippen LogP contribution in [0, 0.1) is 0 Å². The summed E-state index contributed by atoms with van der Waals surface area (Å²) in [5, 5.41) is 12.0. The van der Waals surface area contributed by atoms with Crippen molar-refractivity contribution in [1.29, 1.82) is 0 Å². The molecule has 8 aromatic rings. The van der Waals surface area contributed by atoms with E-state index in [-0.39, 0.29) is 34.5 Å². The minimum atomic E-state index is -4.67. The SMILES string of the molecule is CN(N)CCP(=NP(=S)(Oc1ccc(/C=N/N(C)P(=S)(Oc2ccc(C(F)(F)F)cc2)Oc2ccc(C(F)(F)F)cc2)cc1)Oc1ccc(/C=N/N(C)P(=S)(Oc2ccc(C(F)(F)F)cc2)Oc2ccc(C(F)(F)F)cc2)cc1)(c1ccccc1)c1ccccc1. The molecule has 0 fully saturated rings. The number of hydrazone groups is 2. The molecule has 0 saturated heterocycles. The van der Waals surface area contributed by atoms with Gasteiger partial charge in [0.25, 0.3) is 0 Å². The molecule has 0 heterocycles. The molecule has 0 saturated carbocycles. The highest BCUT2D eigenvalue weighted by Crippen LogP contribution is 2.62. The fraction of sp³-hybridized carbons (Fsp3) is 0.153. The van der Waals surface area contributed by atoms with Crippen molar-refractivity contribution < 1.29 is 79.8 Å². The van der Waals surface area contributed by atoms with Crippen molar-refractivity contribution in [1.82, 2.24) is 14.6 Å². The highest BCUT2D eigenvalue weighted by atomic mass is 32.5. The quantitative estimate of drug-likeness (QED) is 0.0203. The lowest BCUT2D eigenvalue weighted by Gasteiger charge is -2.30. The molecule has 0 aliphatic rings. The van der Waals surface area contributed by atoms with Crippen LogP contribution >= 0.6 is 27.0 Å². The maximum atomic E-state index is 13.4. The van der Waals surface area contributed by atoms with Crippen molar-refractivity contribution in [2.75, 3.05) is 33.8 Å². The molecule has 0 spiro atoms. The van der Waals surface area contributed by atoms with Crippen molar-refractivity contribution in [2.45, 2.75) is 24.7 Å². The van der Waals surface area contributed by atoms with Gasteiger partial charge in [-0.3, -0.25) is 5.84 Å². The number of nitrogens with two attached hydrogens (primary N) is 1. The Bertz CT molecular complexity index is 3640. The first-order valence-corrected chi connectivity index (χ1v) is 36.1. The Morgan fingerprint density at radius 3 is 0.890 bits per heavy atom. The predicted molar refractivity (Wildman–Crippen MR) is 339 cm³/mol. The molecule has 0 bridgehead atoms. The Kier molecular flexibility index (Phi) is 22.0. The van der Waals surface area contributed by atoms with E-state index in [9.17, 15) is 52.7 Å². The molecule has 0 amide bonds. The molecule has 0 atom stereocenters. The average Bonchev–Trinajstić information content (AvgIpc) is 0.781. The molecule has 0 aromatic heterocycles. The number of alkyl halides is 12. The Morgan fingerprint density at radius 2 is 0.637 bits per heavy atom. The normalized spacial score (nSPS) is 12.8. The molecule has 8 rings (SSSR count). The van der Waals surface area contributed by atoms with Crippen molar-refractivity contribution >= 4 is 85.4 Å². The number of hydrogen-bond acceptors (Lipinski definition) is 13. The number of benzene rings is 8. The van der Waals surface area contributed by atoms with E-state index in [1.54, 1.807) is 55.6 Å². The van der Waals surface area contributed by atoms with Gasteiger partial charge in [0.15, 0.2) is 0 Å². The smallest absolute Gasteiger partial charge is 0.416 e. The van der Waals surface area contributed by atoms with Gasteiger partial charge in [-0.25, -0.2) is 14.6 Å². The van der Waals surface area contributed by atoms with E-state index in [4.69, 9.17) is 72.9 Å². The first-order valence-electron chi connectivity index (χ1n) is 26.4. The molecule has 2 N–H and O–H groups in total. The number of rotatable bonds is 24. The second-order valence-corrected chi connectivity index (χ2v) is 32.3. The average molecular weight is 1400 g/mol. The van der Waals surface area contributed by atoms with E-state index < -0.39 is 73.9 Å². The molecule has 0 aliphatic heterocycles. The highest BCUT2D eigenvalue weighted by Gasteiger charge is 2.37. The van der Waals surface area contributed by atoms with Gasteiger partial charge in [-0.2, -0.15) is 67.4 Å². The van der Waals surface area contributed by atoms with Gasteiger partial charge in [0, 0.05) is 76.3 Å². The summed E-state index contributed by atoms with van der Waals surface area (Å²) < 4.78 is 206. The minimum Gasteiger partial charge on any atom is -0.420 e. The van der Waals surface area contributed by atoms with Crippen molar-refractivity contribution in [3.8, 4) is 34.5 Å². The summed E-state index contributed by atoms with van der Waals surface area (Å²) in [6.45, 7) is -11.5. The van der Waals surface area contributed by atoms with Gasteiger partial charge < -0.3 is 27.1 Å². The zero-order valence-corrected chi connectivity index (χ0v) is 53.5. The summed E-state index contributed by atoms with van der Waals surface area (Å²) in [6.07, 6.45) is -15.6. The summed E-state index contributed by atoms with van der Waals surface area (Å²) in [4.78, 5) is 0. The minimum absolute atomic E-state index is 0.148. The lowest BCUT2D eigenvalue weighted by Crippen LogP contribution is -2.32. The van der Waals surface area contributed by atoms with Crippen LogP contribution in [0.3, 0.4) is 0 Å². The fourth-order valence-electron chi connectivity index (χ4n) is 8.00. The second-order valence-electron chi connectivity index (χ2n) is 19.4. The monoisotopic (exact) mass is 1400 g/mol. The van der Waals surface area contributed by atoms with Gasteiger partial charge in [0.1, 0.15) is 34.5 Å². The van der Waals surface area contributed by atoms with Crippen LogP contribution in [-0.2, 0) is 60.1 Å². The summed E-state index contributed by atoms with van der Waals surface area (Å²) >= 11 is 18.1. The van der Waals surface area contributed by atoms with Gasteiger partial charge >= 0.3 is 44.6 Å². The molecule has 13 nitrogen and oxygen atoms in total. The largest absolute Gasteiger partial charge is 0.420 e. The van der Waals surface area contributed by atoms with Crippen LogP contribution in [0.5, 0.6) is 34.5 Å². The van der Waals surface area contributed by atoms with Crippen LogP contribution in [0.4, 0.5) is 52.7 Å². The van der Waals surface area contributed by atoms with E-state index in [0.717, 1.165) is 117 Å². The first kappa shape index (κ1) is 69.6. The molecular weight excluding hydrogens is 1350 g/mol. The summed E-state index contributed by atoms with van der Waals surface area (Å²) in [5.41, 5.74) is -3.05. The second kappa shape index (κ2) is 28.7. The van der Waals surface area contributed by atoms with Crippen LogP contribution in [0.2, 0.25) is 0 Å². The van der Waals surface area contributed by atoms with E-state index >= 15 is 0 Å². The van der Waals surface area contributed by atoms with E-state index in [1.807, 2.05) is 60.7 Å². The van der Waals surface area contributed by atoms with Crippen LogP contribution in [0.15, 0.2) is 221 Å². The summed E-state index contributed by atoms with van der Waals surface area (Å²) in [7, 11) is 1.42. The number of hydrogen-bond donors (Lipinski definition) is 1. The van der Waals surface area contributed by atoms with Gasteiger partial charge in [-0.1, -0.05) is 60.7 Å². The molecule has 0 aliphatic carbocycles. The van der Waals surface area contributed by atoms with Crippen molar-refractivity contribution in [3.05, 3.63) is 240 Å². The third kappa shape index (κ3) is 19.0. The maximum absolute atomic E-state index is 13.4. The lowest BCUT2D eigenvalue weighted by atomic mass is 10.2. The molecule has 32 heteroatoms. The number of nitrogens with zero attached hydrogens (tertiary/aromatic N) is 6. The molecule has 0 radical (unpaired) electrons. The van der Waals surface area contributed by atoms with Crippen molar-refractivity contribution in [3.63, 3.8) is 0 Å². The topological polar surface area (TPSA) is 128 Å². The predicted octanol–water partition coefficient (Wildman–Crippen LogP) is 17.4. The first-order chi connectivity index (χ1) is 42.7. The molecular formula is C59H51F12N7O6P4S3. The standard InChI is InChI=1S/C59H51F12N7O6P4S3/c1-76(72)38-39-85(54-10-6-4-7-11-54,55-12-8-5-9-13-55)75-86(89,79-48-26-14-42(15-27-48)40-73-77(2)87(90,81-50-30-18-44(19-31-50)56(60,61)62)82-51-32-20-45(21-33-51)57(63,64)65)80-49-28-16-43(17-29-49)41-74-78(3)88(91,83-52-34-22-46(23-35-52)58(66,67)68)84-53-36-24-47(25-37-53)59(69,70)71/h4-37,40-41H,38-39,72H2,1-3H3/b73-40+,74-41+. The van der Waals surface area contributed by atoms with E-state index in [0.29, 0.717) is 23.8 Å². The number of hydrazine groups is 1. The van der Waals surface area contributed by atoms with E-state index in [1.165, 1.54) is 31.5 Å². The summed E-state index contributed by atoms with van der Waals surface area (Å²) in [5.74, 6) is 6.05. The molecule has 0 unspecified atom stereocenters. The van der Waals surface area contributed by atoms with Crippen LogP contribution in [-0.4, -0.2) is 60.8 Å². The molecule has 480 valence electrons. The van der Waals surface area contributed by atoms with Crippen LogP contribution in [0.1, 0.15) is 33.4 Å². The summed E-state index contributed by atoms with van der Waals surface area (Å²) in [6, 6.07) is 45.8. The molecule has 8 aromatic carbocycles. The Hall–Kier alpha value is -7.24. The van der Waals surface area contributed by atoms with Crippen LogP contribution < -0.4 is 43.6 Å². The maximum Gasteiger partial charge on any atom is 0.416 e. The van der Waals surface area contributed by atoms with Crippen molar-refractivity contribution in [2.24, 2.45) is 20.6 Å². The zero-order chi connectivity index (χ0) is 66.0. The highest BCUT2D eigenvalue weighted by molar-refractivity contribution is 8.11. The Balaban J connectivity index is 1.11. The van der Waals surface area contributed by atoms with Crippen LogP contribution in [0.25, 0.3) is 0 Å². The number of halogens is 12. The van der Waals surface area contributed by atoms with Gasteiger partial charge in [-0.05, 0) is 167 Å².